The van der Waals surface area contributed by atoms with Crippen molar-refractivity contribution in [2.75, 3.05) is 25.5 Å². The zero-order valence-electron chi connectivity index (χ0n) is 15.9. The van der Waals surface area contributed by atoms with Gasteiger partial charge >= 0.3 is 5.97 Å². The van der Waals surface area contributed by atoms with Crippen LogP contribution in [0.2, 0.25) is 0 Å². The number of hydrogen-bond acceptors (Lipinski definition) is 4. The molecule has 1 aromatic carbocycles. The van der Waals surface area contributed by atoms with Crippen LogP contribution in [0.3, 0.4) is 0 Å². The molecule has 0 unspecified atom stereocenters. The summed E-state index contributed by atoms with van der Waals surface area (Å²) in [6.07, 6.45) is 3.16. The van der Waals surface area contributed by atoms with Gasteiger partial charge in [-0.2, -0.15) is 0 Å². The van der Waals surface area contributed by atoms with Crippen LogP contribution in [-0.4, -0.2) is 42.9 Å². The minimum absolute atomic E-state index is 0.0449. The molecule has 1 N–H and O–H groups in total. The van der Waals surface area contributed by atoms with Crippen LogP contribution in [0, 0.1) is 18.7 Å². The summed E-state index contributed by atoms with van der Waals surface area (Å²) in [5, 5.41) is 2.81. The Labute approximate surface area is 159 Å². The second-order valence-corrected chi connectivity index (χ2v) is 6.97. The molecule has 1 fully saturated rings. The summed E-state index contributed by atoms with van der Waals surface area (Å²) in [4.78, 5) is 37.4. The molecule has 0 radical (unpaired) electrons. The summed E-state index contributed by atoms with van der Waals surface area (Å²) in [5.41, 5.74) is 1.30. The lowest BCUT2D eigenvalue weighted by molar-refractivity contribution is -0.144. The van der Waals surface area contributed by atoms with Crippen LogP contribution in [0.1, 0.15) is 44.1 Å². The summed E-state index contributed by atoms with van der Waals surface area (Å²) in [7, 11) is 1.31. The van der Waals surface area contributed by atoms with Gasteiger partial charge in [-0.25, -0.2) is 4.39 Å². The van der Waals surface area contributed by atoms with Gasteiger partial charge in [-0.15, -0.1) is 0 Å². The number of carbonyl (C=O) groups excluding carboxylic acids is 3. The topological polar surface area (TPSA) is 75.7 Å². The molecule has 1 aliphatic heterocycles. The van der Waals surface area contributed by atoms with Gasteiger partial charge in [0.15, 0.2) is 0 Å². The maximum atomic E-state index is 13.1. The predicted molar refractivity (Wildman–Crippen MR) is 99.6 cm³/mol. The molecule has 0 aliphatic carbocycles. The van der Waals surface area contributed by atoms with Crippen molar-refractivity contribution in [2.24, 2.45) is 5.92 Å². The first-order valence-corrected chi connectivity index (χ1v) is 9.29. The highest BCUT2D eigenvalue weighted by Gasteiger charge is 2.24. The number of esters is 1. The monoisotopic (exact) mass is 378 g/mol. The molecule has 0 bridgehead atoms. The molecular formula is C20H27FN2O4. The molecule has 27 heavy (non-hydrogen) atoms. The van der Waals surface area contributed by atoms with E-state index in [0.29, 0.717) is 37.2 Å². The molecule has 148 valence electrons. The fourth-order valence-electron chi connectivity index (χ4n) is 3.31. The summed E-state index contributed by atoms with van der Waals surface area (Å²) >= 11 is 0. The Bertz CT molecular complexity index is 693. The highest BCUT2D eigenvalue weighted by molar-refractivity contribution is 5.91. The smallest absolute Gasteiger partial charge is 0.306 e. The fraction of sp³-hybridized carbons (Fsp3) is 0.550. The Morgan fingerprint density at radius 1 is 1.26 bits per heavy atom. The van der Waals surface area contributed by atoms with E-state index in [4.69, 9.17) is 0 Å². The van der Waals surface area contributed by atoms with E-state index in [-0.39, 0.29) is 42.4 Å². The van der Waals surface area contributed by atoms with Gasteiger partial charge in [0.1, 0.15) is 5.82 Å². The van der Waals surface area contributed by atoms with Gasteiger partial charge in [0.2, 0.25) is 11.8 Å². The van der Waals surface area contributed by atoms with Crippen LogP contribution < -0.4 is 5.32 Å². The van der Waals surface area contributed by atoms with Gasteiger partial charge in [-0.3, -0.25) is 14.4 Å². The highest BCUT2D eigenvalue weighted by atomic mass is 19.1. The second kappa shape index (κ2) is 10.0. The lowest BCUT2D eigenvalue weighted by atomic mass is 9.93. The Hall–Kier alpha value is -2.44. The van der Waals surface area contributed by atoms with Gasteiger partial charge in [-0.1, -0.05) is 0 Å². The molecule has 2 rings (SSSR count). The van der Waals surface area contributed by atoms with E-state index in [1.807, 2.05) is 0 Å². The van der Waals surface area contributed by atoms with Gasteiger partial charge in [0.05, 0.1) is 13.5 Å². The van der Waals surface area contributed by atoms with E-state index >= 15 is 0 Å². The van der Waals surface area contributed by atoms with Crippen molar-refractivity contribution in [3.8, 4) is 0 Å². The Kier molecular flexibility index (Phi) is 7.76. The van der Waals surface area contributed by atoms with E-state index in [1.165, 1.54) is 19.2 Å². The zero-order valence-corrected chi connectivity index (χ0v) is 15.9. The van der Waals surface area contributed by atoms with Crippen LogP contribution in [-0.2, 0) is 19.1 Å². The average molecular weight is 378 g/mol. The largest absolute Gasteiger partial charge is 0.469 e. The van der Waals surface area contributed by atoms with E-state index < -0.39 is 0 Å². The predicted octanol–water partition coefficient (Wildman–Crippen LogP) is 3.04. The van der Waals surface area contributed by atoms with Crippen molar-refractivity contribution in [1.29, 1.82) is 0 Å². The zero-order chi connectivity index (χ0) is 19.8. The fourth-order valence-corrected chi connectivity index (χ4v) is 3.31. The molecule has 1 aliphatic rings. The number of carbonyl (C=O) groups is 3. The molecule has 1 aromatic rings. The van der Waals surface area contributed by atoms with Crippen LogP contribution in [0.15, 0.2) is 18.2 Å². The van der Waals surface area contributed by atoms with Crippen molar-refractivity contribution in [2.45, 2.75) is 45.4 Å². The minimum atomic E-state index is -0.385. The molecule has 1 atom stereocenters. The van der Waals surface area contributed by atoms with Crippen molar-refractivity contribution in [3.63, 3.8) is 0 Å². The third-order valence-corrected chi connectivity index (χ3v) is 4.88. The van der Waals surface area contributed by atoms with Crippen molar-refractivity contribution in [3.05, 3.63) is 29.6 Å². The number of rotatable bonds is 7. The molecular weight excluding hydrogens is 351 g/mol. The number of hydrogen-bond donors (Lipinski definition) is 1. The normalized spacial score (nSPS) is 16.7. The Morgan fingerprint density at radius 3 is 2.74 bits per heavy atom. The van der Waals surface area contributed by atoms with Crippen molar-refractivity contribution >= 4 is 23.5 Å². The number of ether oxygens (including phenoxy) is 1. The van der Waals surface area contributed by atoms with E-state index in [0.717, 1.165) is 12.8 Å². The summed E-state index contributed by atoms with van der Waals surface area (Å²) < 4.78 is 17.7. The first kappa shape index (κ1) is 20.9. The first-order chi connectivity index (χ1) is 12.9. The molecule has 1 heterocycles. The summed E-state index contributed by atoms with van der Waals surface area (Å²) in [5.74, 6) is -0.606. The van der Waals surface area contributed by atoms with Crippen LogP contribution in [0.4, 0.5) is 10.1 Å². The number of anilines is 1. The lowest BCUT2D eigenvalue weighted by Gasteiger charge is -2.32. The standard InChI is InChI=1S/C20H27FN2O4/c1-14-12-16(21)6-7-17(14)22-18(24)8-5-15-4-3-11-23(13-15)19(25)9-10-20(26)27-2/h6-7,12,15H,3-5,8-11,13H2,1-2H3,(H,22,24)/t15-/m0/s1. The molecule has 7 heteroatoms. The summed E-state index contributed by atoms with van der Waals surface area (Å²) in [6, 6.07) is 4.26. The van der Waals surface area contributed by atoms with E-state index in [1.54, 1.807) is 17.9 Å². The number of piperidine rings is 1. The SMILES string of the molecule is COC(=O)CCC(=O)N1CCC[C@@H](CCC(=O)Nc2ccc(F)cc2C)C1. The van der Waals surface area contributed by atoms with E-state index in [2.05, 4.69) is 10.1 Å². The second-order valence-electron chi connectivity index (χ2n) is 6.97. The third kappa shape index (κ3) is 6.66. The number of nitrogens with zero attached hydrogens (tertiary/aromatic N) is 1. The quantitative estimate of drug-likeness (QED) is 0.740. The number of nitrogens with one attached hydrogen (secondary N) is 1. The molecule has 2 amide bonds. The molecule has 0 saturated carbocycles. The highest BCUT2D eigenvalue weighted by Crippen LogP contribution is 2.23. The Morgan fingerprint density at radius 2 is 2.04 bits per heavy atom. The number of halogens is 1. The number of likely N-dealkylation sites (tertiary alicyclic amines) is 1. The molecule has 1 saturated heterocycles. The van der Waals surface area contributed by atoms with Gasteiger partial charge in [0.25, 0.3) is 0 Å². The molecule has 0 aromatic heterocycles. The van der Waals surface area contributed by atoms with Crippen LogP contribution in [0.25, 0.3) is 0 Å². The number of methoxy groups -OCH3 is 1. The van der Waals surface area contributed by atoms with E-state index in [9.17, 15) is 18.8 Å². The summed E-state index contributed by atoms with van der Waals surface area (Å²) in [6.45, 7) is 3.05. The van der Waals surface area contributed by atoms with Gasteiger partial charge < -0.3 is 15.0 Å². The molecule has 0 spiro atoms. The number of aryl methyl sites for hydroxylation is 1. The minimum Gasteiger partial charge on any atom is -0.469 e. The average Bonchev–Trinajstić information content (AvgIpc) is 2.66. The number of benzene rings is 1. The maximum Gasteiger partial charge on any atom is 0.306 e. The first-order valence-electron chi connectivity index (χ1n) is 9.29. The van der Waals surface area contributed by atoms with Gasteiger partial charge in [-0.05, 0) is 55.9 Å². The van der Waals surface area contributed by atoms with Crippen LogP contribution in [0.5, 0.6) is 0 Å². The number of amides is 2. The maximum absolute atomic E-state index is 13.1. The van der Waals surface area contributed by atoms with Gasteiger partial charge in [0, 0.05) is 31.6 Å². The van der Waals surface area contributed by atoms with Crippen LogP contribution >= 0.6 is 0 Å². The lowest BCUT2D eigenvalue weighted by Crippen LogP contribution is -2.40. The Balaban J connectivity index is 1.77. The molecule has 6 nitrogen and oxygen atoms in total. The third-order valence-electron chi connectivity index (χ3n) is 4.88. The van der Waals surface area contributed by atoms with Crippen molar-refractivity contribution in [1.82, 2.24) is 4.90 Å². The van der Waals surface area contributed by atoms with Crippen molar-refractivity contribution < 1.29 is 23.5 Å².